The Bertz CT molecular complexity index is 667. The summed E-state index contributed by atoms with van der Waals surface area (Å²) in [5.41, 5.74) is 3.32. The first-order valence-electron chi connectivity index (χ1n) is 6.93. The number of hydrogen-bond acceptors (Lipinski definition) is 4. The molecule has 1 aromatic carbocycles. The second kappa shape index (κ2) is 7.07. The molecular formula is C16H17NO3S2. The molecule has 0 spiro atoms. The average Bonchev–Trinajstić information content (AvgIpc) is 2.71. The Hall–Kier alpha value is -1.66. The van der Waals surface area contributed by atoms with Gasteiger partial charge < -0.3 is 5.11 Å². The largest absolute Gasteiger partial charge is 0.481 e. The van der Waals surface area contributed by atoms with E-state index in [0.717, 1.165) is 11.1 Å². The third-order valence-electron chi connectivity index (χ3n) is 3.58. The maximum Gasteiger partial charge on any atom is 0.303 e. The summed E-state index contributed by atoms with van der Waals surface area (Å²) < 4.78 is 0.493. The van der Waals surface area contributed by atoms with Gasteiger partial charge in [-0.15, -0.1) is 0 Å². The van der Waals surface area contributed by atoms with Crippen LogP contribution in [-0.2, 0) is 9.59 Å². The van der Waals surface area contributed by atoms with Gasteiger partial charge in [0.05, 0.1) is 4.91 Å². The summed E-state index contributed by atoms with van der Waals surface area (Å²) in [4.78, 5) is 25.0. The number of aryl methyl sites for hydroxylation is 1. The molecule has 2 rings (SSSR count). The molecule has 0 saturated carbocycles. The van der Waals surface area contributed by atoms with E-state index in [2.05, 4.69) is 0 Å². The Kier molecular flexibility index (Phi) is 5.37. The maximum absolute atomic E-state index is 12.4. The van der Waals surface area contributed by atoms with Gasteiger partial charge in [-0.3, -0.25) is 14.5 Å². The fraction of sp³-hybridized carbons (Fsp3) is 0.312. The number of rotatable bonds is 5. The van der Waals surface area contributed by atoms with Crippen molar-refractivity contribution in [2.24, 2.45) is 0 Å². The molecule has 0 unspecified atom stereocenters. The quantitative estimate of drug-likeness (QED) is 0.660. The summed E-state index contributed by atoms with van der Waals surface area (Å²) in [6.45, 7) is 4.40. The Labute approximate surface area is 139 Å². The molecule has 0 bridgehead atoms. The minimum absolute atomic E-state index is 0.0348. The van der Waals surface area contributed by atoms with Gasteiger partial charge in [-0.1, -0.05) is 42.2 Å². The zero-order chi connectivity index (χ0) is 16.3. The number of amides is 1. The van der Waals surface area contributed by atoms with Gasteiger partial charge in [-0.25, -0.2) is 0 Å². The molecule has 1 amide bonds. The number of carboxylic acids is 1. The smallest absolute Gasteiger partial charge is 0.303 e. The third kappa shape index (κ3) is 3.75. The van der Waals surface area contributed by atoms with Crippen LogP contribution < -0.4 is 0 Å². The molecule has 116 valence electrons. The van der Waals surface area contributed by atoms with E-state index in [-0.39, 0.29) is 12.3 Å². The lowest BCUT2D eigenvalue weighted by molar-refractivity contribution is -0.137. The van der Waals surface area contributed by atoms with Crippen LogP contribution in [0.3, 0.4) is 0 Å². The molecular weight excluding hydrogens is 318 g/mol. The highest BCUT2D eigenvalue weighted by molar-refractivity contribution is 8.26. The van der Waals surface area contributed by atoms with Gasteiger partial charge in [-0.05, 0) is 43.0 Å². The van der Waals surface area contributed by atoms with E-state index in [0.29, 0.717) is 22.2 Å². The number of aliphatic carboxylic acids is 1. The molecule has 0 radical (unpaired) electrons. The van der Waals surface area contributed by atoms with E-state index >= 15 is 0 Å². The van der Waals surface area contributed by atoms with Crippen LogP contribution in [0.25, 0.3) is 6.08 Å². The van der Waals surface area contributed by atoms with E-state index in [1.54, 1.807) is 0 Å². The van der Waals surface area contributed by atoms with Gasteiger partial charge in [0.1, 0.15) is 4.32 Å². The fourth-order valence-electron chi connectivity index (χ4n) is 2.15. The van der Waals surface area contributed by atoms with Crippen LogP contribution in [-0.4, -0.2) is 32.7 Å². The summed E-state index contributed by atoms with van der Waals surface area (Å²) in [7, 11) is 0. The van der Waals surface area contributed by atoms with Crippen LogP contribution in [0, 0.1) is 13.8 Å². The Morgan fingerprint density at radius 2 is 2.14 bits per heavy atom. The lowest BCUT2D eigenvalue weighted by atomic mass is 10.0. The molecule has 4 nitrogen and oxygen atoms in total. The highest BCUT2D eigenvalue weighted by atomic mass is 32.2. The topological polar surface area (TPSA) is 57.6 Å². The van der Waals surface area contributed by atoms with Gasteiger partial charge in [0, 0.05) is 13.0 Å². The van der Waals surface area contributed by atoms with Gasteiger partial charge >= 0.3 is 5.97 Å². The van der Waals surface area contributed by atoms with E-state index in [1.807, 2.05) is 38.1 Å². The van der Waals surface area contributed by atoms with Crippen molar-refractivity contribution in [2.75, 3.05) is 6.54 Å². The van der Waals surface area contributed by atoms with Crippen molar-refractivity contribution in [1.82, 2.24) is 4.90 Å². The number of carboxylic acid groups (broad SMARTS) is 1. The molecule has 6 heteroatoms. The number of hydrogen-bond donors (Lipinski definition) is 1. The molecule has 0 aromatic heterocycles. The van der Waals surface area contributed by atoms with Crippen molar-refractivity contribution < 1.29 is 14.7 Å². The van der Waals surface area contributed by atoms with Crippen molar-refractivity contribution in [1.29, 1.82) is 0 Å². The summed E-state index contributed by atoms with van der Waals surface area (Å²) in [6, 6.07) is 5.96. The predicted molar refractivity (Wildman–Crippen MR) is 92.7 cm³/mol. The summed E-state index contributed by atoms with van der Waals surface area (Å²) in [5, 5.41) is 8.67. The molecule has 1 fully saturated rings. The molecule has 22 heavy (non-hydrogen) atoms. The molecule has 1 heterocycles. The summed E-state index contributed by atoms with van der Waals surface area (Å²) in [5.74, 6) is -1.00. The monoisotopic (exact) mass is 335 g/mol. The normalized spacial score (nSPS) is 16.6. The van der Waals surface area contributed by atoms with Gasteiger partial charge in [-0.2, -0.15) is 0 Å². The van der Waals surface area contributed by atoms with Gasteiger partial charge in [0.15, 0.2) is 0 Å². The molecule has 1 saturated heterocycles. The first kappa shape index (κ1) is 16.7. The molecule has 0 aliphatic carbocycles. The molecule has 1 aliphatic heterocycles. The number of carbonyl (C=O) groups is 2. The predicted octanol–water partition coefficient (Wildman–Crippen LogP) is 3.37. The van der Waals surface area contributed by atoms with Crippen LogP contribution >= 0.6 is 24.0 Å². The zero-order valence-electron chi connectivity index (χ0n) is 12.5. The molecule has 1 aliphatic rings. The third-order valence-corrected chi connectivity index (χ3v) is 4.96. The fourth-order valence-corrected chi connectivity index (χ4v) is 3.45. The highest BCUT2D eigenvalue weighted by Crippen LogP contribution is 2.33. The second-order valence-corrected chi connectivity index (χ2v) is 6.80. The number of thiocarbonyl (C=S) groups is 1. The number of benzene rings is 1. The minimum Gasteiger partial charge on any atom is -0.481 e. The molecule has 0 atom stereocenters. The van der Waals surface area contributed by atoms with Crippen molar-refractivity contribution in [2.45, 2.75) is 26.7 Å². The molecule has 1 aromatic rings. The Morgan fingerprint density at radius 1 is 1.41 bits per heavy atom. The maximum atomic E-state index is 12.4. The second-order valence-electron chi connectivity index (χ2n) is 5.12. The van der Waals surface area contributed by atoms with Crippen molar-refractivity contribution in [3.63, 3.8) is 0 Å². The van der Waals surface area contributed by atoms with Crippen LogP contribution in [0.2, 0.25) is 0 Å². The summed E-state index contributed by atoms with van der Waals surface area (Å²) >= 11 is 6.50. The number of thioether (sulfide) groups is 1. The Morgan fingerprint density at radius 3 is 2.82 bits per heavy atom. The van der Waals surface area contributed by atoms with Crippen molar-refractivity contribution in [3.8, 4) is 0 Å². The lowest BCUT2D eigenvalue weighted by Crippen LogP contribution is -2.29. The van der Waals surface area contributed by atoms with E-state index in [4.69, 9.17) is 17.3 Å². The van der Waals surface area contributed by atoms with Crippen LogP contribution in [0.5, 0.6) is 0 Å². The first-order chi connectivity index (χ1) is 10.4. The van der Waals surface area contributed by atoms with E-state index < -0.39 is 5.97 Å². The Balaban J connectivity index is 2.15. The number of carbonyl (C=O) groups excluding carboxylic acids is 1. The average molecular weight is 335 g/mol. The SMILES string of the molecule is Cc1cccc(C=C2SC(=S)N(CCCC(=O)O)C2=O)c1C. The van der Waals surface area contributed by atoms with Crippen LogP contribution in [0.1, 0.15) is 29.5 Å². The van der Waals surface area contributed by atoms with Crippen molar-refractivity contribution in [3.05, 3.63) is 39.8 Å². The summed E-state index contributed by atoms with van der Waals surface area (Å²) in [6.07, 6.45) is 2.30. The first-order valence-corrected chi connectivity index (χ1v) is 8.16. The van der Waals surface area contributed by atoms with Crippen LogP contribution in [0.15, 0.2) is 23.1 Å². The lowest BCUT2D eigenvalue weighted by Gasteiger charge is -2.13. The van der Waals surface area contributed by atoms with Gasteiger partial charge in [0.25, 0.3) is 5.91 Å². The van der Waals surface area contributed by atoms with Gasteiger partial charge in [0.2, 0.25) is 0 Å². The molecule has 1 N–H and O–H groups in total. The zero-order valence-corrected chi connectivity index (χ0v) is 14.1. The van der Waals surface area contributed by atoms with Crippen LogP contribution in [0.4, 0.5) is 0 Å². The van der Waals surface area contributed by atoms with E-state index in [9.17, 15) is 9.59 Å². The highest BCUT2D eigenvalue weighted by Gasteiger charge is 2.31. The van der Waals surface area contributed by atoms with Crippen molar-refractivity contribution >= 4 is 46.3 Å². The van der Waals surface area contributed by atoms with E-state index in [1.165, 1.54) is 22.2 Å². The minimum atomic E-state index is -0.864. The standard InChI is InChI=1S/C16H17NO3S2/c1-10-5-3-6-12(11(10)2)9-13-15(20)17(16(21)22-13)8-4-7-14(18)19/h3,5-6,9H,4,7-8H2,1-2H3,(H,18,19). The number of nitrogens with zero attached hydrogens (tertiary/aromatic N) is 1.